The first-order chi connectivity index (χ1) is 16.9. The van der Waals surface area contributed by atoms with Crippen LogP contribution in [-0.2, 0) is 11.3 Å². The Kier molecular flexibility index (Phi) is 6.71. The Hall–Kier alpha value is -3.04. The Morgan fingerprint density at radius 3 is 2.63 bits per heavy atom. The van der Waals surface area contributed by atoms with Crippen LogP contribution in [0.2, 0.25) is 0 Å². The van der Waals surface area contributed by atoms with Crippen LogP contribution in [0.1, 0.15) is 25.0 Å². The summed E-state index contributed by atoms with van der Waals surface area (Å²) < 4.78 is 16.5. The van der Waals surface area contributed by atoms with Gasteiger partial charge in [-0.3, -0.25) is 4.79 Å². The Labute approximate surface area is 208 Å². The molecule has 0 N–H and O–H groups in total. The SMILES string of the molecule is CCN1CCN(C(=O)C(C)Sc2nnc3c4cc(C)ccc4n(Cc4ccccc4F)c3n2)CC1. The van der Waals surface area contributed by atoms with E-state index in [1.165, 1.54) is 17.8 Å². The third-order valence-electron chi connectivity index (χ3n) is 6.65. The molecule has 1 unspecified atom stereocenters. The van der Waals surface area contributed by atoms with E-state index in [1.807, 2.05) is 41.5 Å². The summed E-state index contributed by atoms with van der Waals surface area (Å²) in [6.07, 6.45) is 0. The summed E-state index contributed by atoms with van der Waals surface area (Å²) in [4.78, 5) is 22.1. The zero-order chi connectivity index (χ0) is 24.5. The maximum Gasteiger partial charge on any atom is 0.235 e. The van der Waals surface area contributed by atoms with Crippen molar-refractivity contribution in [3.8, 4) is 0 Å². The number of hydrogen-bond donors (Lipinski definition) is 0. The maximum atomic E-state index is 14.5. The number of amides is 1. The molecule has 35 heavy (non-hydrogen) atoms. The van der Waals surface area contributed by atoms with Gasteiger partial charge in [-0.15, -0.1) is 10.2 Å². The van der Waals surface area contributed by atoms with Crippen molar-refractivity contribution < 1.29 is 9.18 Å². The molecule has 1 saturated heterocycles. The highest BCUT2D eigenvalue weighted by Gasteiger charge is 2.26. The van der Waals surface area contributed by atoms with Crippen LogP contribution in [0.3, 0.4) is 0 Å². The lowest BCUT2D eigenvalue weighted by Gasteiger charge is -2.35. The Morgan fingerprint density at radius 1 is 1.11 bits per heavy atom. The fourth-order valence-corrected chi connectivity index (χ4v) is 5.41. The van der Waals surface area contributed by atoms with Crippen LogP contribution in [0.5, 0.6) is 0 Å². The first-order valence-corrected chi connectivity index (χ1v) is 12.9. The van der Waals surface area contributed by atoms with E-state index in [4.69, 9.17) is 4.98 Å². The van der Waals surface area contributed by atoms with Gasteiger partial charge < -0.3 is 14.4 Å². The second-order valence-corrected chi connectivity index (χ2v) is 10.3. The van der Waals surface area contributed by atoms with E-state index in [2.05, 4.69) is 28.1 Å². The van der Waals surface area contributed by atoms with Crippen molar-refractivity contribution in [1.29, 1.82) is 0 Å². The molecular formula is C26H29FN6OS. The van der Waals surface area contributed by atoms with Gasteiger partial charge >= 0.3 is 0 Å². The van der Waals surface area contributed by atoms with Crippen LogP contribution in [0.25, 0.3) is 22.1 Å². The first kappa shape index (κ1) is 23.7. The van der Waals surface area contributed by atoms with Crippen molar-refractivity contribution in [2.75, 3.05) is 32.7 Å². The molecule has 1 atom stereocenters. The predicted octanol–water partition coefficient (Wildman–Crippen LogP) is 4.12. The minimum Gasteiger partial charge on any atom is -0.339 e. The standard InChI is InChI=1S/C26H29FN6OS/c1-4-31-11-13-32(14-12-31)25(34)18(3)35-26-28-24-23(29-30-26)20-15-17(2)9-10-22(20)33(24)16-19-7-5-6-8-21(19)27/h5-10,15,18H,4,11-14,16H2,1-3H3. The van der Waals surface area contributed by atoms with Crippen molar-refractivity contribution in [3.05, 3.63) is 59.4 Å². The molecule has 1 fully saturated rings. The fraction of sp³-hybridized carbons (Fsp3) is 0.385. The number of aryl methyl sites for hydroxylation is 1. The van der Waals surface area contributed by atoms with Gasteiger partial charge in [-0.1, -0.05) is 48.5 Å². The summed E-state index contributed by atoms with van der Waals surface area (Å²) >= 11 is 1.32. The van der Waals surface area contributed by atoms with Gasteiger partial charge in [0.2, 0.25) is 11.1 Å². The van der Waals surface area contributed by atoms with E-state index in [9.17, 15) is 9.18 Å². The van der Waals surface area contributed by atoms with Gasteiger partial charge in [-0.2, -0.15) is 0 Å². The lowest BCUT2D eigenvalue weighted by molar-refractivity contribution is -0.132. The molecule has 2 aromatic carbocycles. The highest BCUT2D eigenvalue weighted by molar-refractivity contribution is 8.00. The summed E-state index contributed by atoms with van der Waals surface area (Å²) in [5.41, 5.74) is 3.93. The molecule has 1 aliphatic heterocycles. The molecule has 0 bridgehead atoms. The Morgan fingerprint density at radius 2 is 1.89 bits per heavy atom. The van der Waals surface area contributed by atoms with E-state index in [0.717, 1.165) is 49.2 Å². The summed E-state index contributed by atoms with van der Waals surface area (Å²) in [5, 5.41) is 9.91. The van der Waals surface area contributed by atoms with E-state index in [1.54, 1.807) is 12.1 Å². The smallest absolute Gasteiger partial charge is 0.235 e. The molecule has 0 radical (unpaired) electrons. The van der Waals surface area contributed by atoms with E-state index in [-0.39, 0.29) is 17.0 Å². The molecule has 3 heterocycles. The number of thioether (sulfide) groups is 1. The number of aromatic nitrogens is 4. The lowest BCUT2D eigenvalue weighted by Crippen LogP contribution is -2.50. The molecule has 9 heteroatoms. The quantitative estimate of drug-likeness (QED) is 0.377. The first-order valence-electron chi connectivity index (χ1n) is 12.0. The number of benzene rings is 2. The number of likely N-dealkylation sites (N-methyl/N-ethyl adjacent to an activating group) is 1. The van der Waals surface area contributed by atoms with Gasteiger partial charge in [0.05, 0.1) is 17.3 Å². The number of carbonyl (C=O) groups excluding carboxylic acids is 1. The molecule has 7 nitrogen and oxygen atoms in total. The zero-order valence-electron chi connectivity index (χ0n) is 20.2. The van der Waals surface area contributed by atoms with Crippen LogP contribution in [-0.4, -0.2) is 73.4 Å². The summed E-state index contributed by atoms with van der Waals surface area (Å²) in [7, 11) is 0. The van der Waals surface area contributed by atoms with Crippen molar-refractivity contribution in [2.45, 2.75) is 37.7 Å². The highest BCUT2D eigenvalue weighted by Crippen LogP contribution is 2.30. The molecule has 1 amide bonds. The van der Waals surface area contributed by atoms with Crippen molar-refractivity contribution >= 4 is 39.7 Å². The van der Waals surface area contributed by atoms with Gasteiger partial charge in [0.25, 0.3) is 0 Å². The van der Waals surface area contributed by atoms with E-state index in [0.29, 0.717) is 28.4 Å². The summed E-state index contributed by atoms with van der Waals surface area (Å²) in [6, 6.07) is 12.9. The number of piperazine rings is 1. The predicted molar refractivity (Wildman–Crippen MR) is 137 cm³/mol. The van der Waals surface area contributed by atoms with Crippen LogP contribution >= 0.6 is 11.8 Å². The van der Waals surface area contributed by atoms with Crippen LogP contribution in [0.15, 0.2) is 47.6 Å². The van der Waals surface area contributed by atoms with Crippen molar-refractivity contribution in [1.82, 2.24) is 29.5 Å². The molecule has 0 aliphatic carbocycles. The average molecular weight is 493 g/mol. The average Bonchev–Trinajstić information content (AvgIpc) is 3.16. The van der Waals surface area contributed by atoms with Crippen LogP contribution < -0.4 is 0 Å². The zero-order valence-corrected chi connectivity index (χ0v) is 21.1. The normalized spacial score (nSPS) is 15.7. The largest absolute Gasteiger partial charge is 0.339 e. The highest BCUT2D eigenvalue weighted by atomic mass is 32.2. The number of hydrogen-bond acceptors (Lipinski definition) is 6. The van der Waals surface area contributed by atoms with Crippen molar-refractivity contribution in [2.24, 2.45) is 0 Å². The second kappa shape index (κ2) is 9.91. The number of halogens is 1. The number of nitrogens with zero attached hydrogens (tertiary/aromatic N) is 6. The van der Waals surface area contributed by atoms with Gasteiger partial charge in [-0.05, 0) is 38.6 Å². The molecule has 2 aromatic heterocycles. The second-order valence-electron chi connectivity index (χ2n) is 8.98. The minimum absolute atomic E-state index is 0.0944. The van der Waals surface area contributed by atoms with Crippen LogP contribution in [0, 0.1) is 12.7 Å². The number of fused-ring (bicyclic) bond motifs is 3. The number of rotatable bonds is 6. The topological polar surface area (TPSA) is 67.2 Å². The third kappa shape index (κ3) is 4.75. The Balaban J connectivity index is 1.46. The molecular weight excluding hydrogens is 463 g/mol. The third-order valence-corrected chi connectivity index (χ3v) is 7.59. The summed E-state index contributed by atoms with van der Waals surface area (Å²) in [5.74, 6) is -0.161. The number of carbonyl (C=O) groups is 1. The molecule has 0 spiro atoms. The lowest BCUT2D eigenvalue weighted by atomic mass is 10.1. The maximum absolute atomic E-state index is 14.5. The van der Waals surface area contributed by atoms with Gasteiger partial charge in [-0.25, -0.2) is 9.37 Å². The van der Waals surface area contributed by atoms with Crippen LogP contribution in [0.4, 0.5) is 4.39 Å². The fourth-order valence-electron chi connectivity index (χ4n) is 4.61. The van der Waals surface area contributed by atoms with Gasteiger partial charge in [0.15, 0.2) is 5.65 Å². The summed E-state index contributed by atoms with van der Waals surface area (Å²) in [6.45, 7) is 10.7. The Bertz CT molecular complexity index is 1380. The van der Waals surface area contributed by atoms with E-state index < -0.39 is 0 Å². The molecule has 4 aromatic rings. The molecule has 0 saturated carbocycles. The van der Waals surface area contributed by atoms with Gasteiger partial charge in [0, 0.05) is 37.1 Å². The minimum atomic E-state index is -0.325. The monoisotopic (exact) mass is 492 g/mol. The van der Waals surface area contributed by atoms with Gasteiger partial charge in [0.1, 0.15) is 11.3 Å². The molecule has 1 aliphatic rings. The van der Waals surface area contributed by atoms with E-state index >= 15 is 0 Å². The molecule has 5 rings (SSSR count). The van der Waals surface area contributed by atoms with Crippen molar-refractivity contribution in [3.63, 3.8) is 0 Å². The molecule has 182 valence electrons.